The Bertz CT molecular complexity index is 1000. The van der Waals surface area contributed by atoms with E-state index < -0.39 is 16.8 Å². The molecule has 1 aliphatic rings. The monoisotopic (exact) mass is 436 g/mol. The summed E-state index contributed by atoms with van der Waals surface area (Å²) in [7, 11) is 0. The van der Waals surface area contributed by atoms with Gasteiger partial charge in [0.05, 0.1) is 21.7 Å². The number of carbonyl (C=O) groups excluding carboxylic acids is 1. The predicted molar refractivity (Wildman–Crippen MR) is 113 cm³/mol. The van der Waals surface area contributed by atoms with Crippen molar-refractivity contribution >= 4 is 46.8 Å². The highest BCUT2D eigenvalue weighted by atomic mass is 35.5. The normalized spacial score (nSPS) is 16.2. The molecule has 0 bridgehead atoms. The van der Waals surface area contributed by atoms with Crippen molar-refractivity contribution in [2.24, 2.45) is 0 Å². The van der Waals surface area contributed by atoms with E-state index in [4.69, 9.17) is 34.8 Å². The van der Waals surface area contributed by atoms with E-state index in [9.17, 15) is 14.9 Å². The van der Waals surface area contributed by atoms with Crippen LogP contribution in [0.15, 0.2) is 59.3 Å². The fourth-order valence-corrected chi connectivity index (χ4v) is 3.86. The van der Waals surface area contributed by atoms with Gasteiger partial charge in [0.25, 0.3) is 0 Å². The lowest BCUT2D eigenvalue weighted by atomic mass is 9.95. The van der Waals surface area contributed by atoms with Crippen molar-refractivity contribution in [1.82, 2.24) is 0 Å². The fraction of sp³-hybridized carbons (Fsp3) is 0.150. The van der Waals surface area contributed by atoms with Gasteiger partial charge in [-0.15, -0.1) is 11.6 Å². The summed E-state index contributed by atoms with van der Waals surface area (Å²) in [4.78, 5) is 22.4. The Morgan fingerprint density at radius 1 is 1.21 bits per heavy atom. The molecule has 0 aliphatic heterocycles. The first-order valence-electron chi connectivity index (χ1n) is 8.36. The molecule has 1 N–H and O–H groups in total. The number of rotatable bonds is 6. The van der Waals surface area contributed by atoms with Gasteiger partial charge >= 0.3 is 0 Å². The van der Waals surface area contributed by atoms with Gasteiger partial charge in [0, 0.05) is 26.8 Å². The van der Waals surface area contributed by atoms with Gasteiger partial charge in [0.15, 0.2) is 0 Å². The number of nitro groups is 1. The Balaban J connectivity index is 2.22. The molecule has 0 amide bonds. The molecule has 2 aromatic rings. The van der Waals surface area contributed by atoms with Crippen LogP contribution >= 0.6 is 34.8 Å². The van der Waals surface area contributed by atoms with Crippen LogP contribution in [0.2, 0.25) is 5.02 Å². The van der Waals surface area contributed by atoms with E-state index in [0.29, 0.717) is 56.4 Å². The molecule has 5 nitrogen and oxygen atoms in total. The van der Waals surface area contributed by atoms with Crippen molar-refractivity contribution in [3.8, 4) is 11.1 Å². The quantitative estimate of drug-likeness (QED) is 0.259. The van der Waals surface area contributed by atoms with E-state index in [1.165, 1.54) is 0 Å². The number of alkyl halides is 1. The highest BCUT2D eigenvalue weighted by molar-refractivity contribution is 6.34. The molecule has 0 fully saturated rings. The van der Waals surface area contributed by atoms with Gasteiger partial charge in [-0.1, -0.05) is 47.5 Å². The van der Waals surface area contributed by atoms with Crippen molar-refractivity contribution < 1.29 is 9.72 Å². The zero-order valence-corrected chi connectivity index (χ0v) is 16.8. The molecule has 0 saturated carbocycles. The molecule has 0 saturated heterocycles. The van der Waals surface area contributed by atoms with Crippen LogP contribution in [0.25, 0.3) is 11.1 Å². The molecule has 28 heavy (non-hydrogen) atoms. The van der Waals surface area contributed by atoms with Gasteiger partial charge < -0.3 is 5.32 Å². The topological polar surface area (TPSA) is 72.2 Å². The van der Waals surface area contributed by atoms with E-state index in [1.807, 2.05) is 6.08 Å². The van der Waals surface area contributed by atoms with Gasteiger partial charge in [0.2, 0.25) is 6.54 Å². The lowest BCUT2D eigenvalue weighted by molar-refractivity contribution is -0.496. The standard InChI is InChI=1S/C20H15Cl3N2O3/c21-16-5-2-1-4-13(16)14-8-12(11-26)9-19(15(14)10-25(27)28)24-20-17(22)6-3-7-18(20)23/h1-6,8-9,11,18,24H,7,10H2. The molecule has 1 unspecified atom stereocenters. The molecule has 8 heteroatoms. The molecule has 0 aromatic heterocycles. The number of aldehydes is 1. The first-order chi connectivity index (χ1) is 13.4. The van der Waals surface area contributed by atoms with E-state index in [2.05, 4.69) is 5.32 Å². The summed E-state index contributed by atoms with van der Waals surface area (Å²) in [5.74, 6) is 0. The van der Waals surface area contributed by atoms with Crippen molar-refractivity contribution in [3.63, 3.8) is 0 Å². The third kappa shape index (κ3) is 4.38. The summed E-state index contributed by atoms with van der Waals surface area (Å²) >= 11 is 18.9. The number of nitrogens with zero attached hydrogens (tertiary/aromatic N) is 1. The highest BCUT2D eigenvalue weighted by Crippen LogP contribution is 2.37. The Kier molecular flexibility index (Phi) is 6.39. The molecule has 0 radical (unpaired) electrons. The fourth-order valence-electron chi connectivity index (χ4n) is 3.02. The molecule has 0 heterocycles. The van der Waals surface area contributed by atoms with E-state index in [-0.39, 0.29) is 0 Å². The molecular formula is C20H15Cl3N2O3. The second kappa shape index (κ2) is 8.78. The minimum Gasteiger partial charge on any atom is -0.356 e. The van der Waals surface area contributed by atoms with Gasteiger partial charge in [-0.3, -0.25) is 14.9 Å². The number of carbonyl (C=O) groups is 1. The average Bonchev–Trinajstić information content (AvgIpc) is 2.66. The second-order valence-electron chi connectivity index (χ2n) is 6.18. The number of hydrogen-bond donors (Lipinski definition) is 1. The van der Waals surface area contributed by atoms with Crippen LogP contribution in [-0.4, -0.2) is 16.6 Å². The summed E-state index contributed by atoms with van der Waals surface area (Å²) in [6.45, 7) is -0.463. The third-order valence-electron chi connectivity index (χ3n) is 4.31. The second-order valence-corrected chi connectivity index (χ2v) is 7.52. The van der Waals surface area contributed by atoms with Crippen LogP contribution in [0.3, 0.4) is 0 Å². The van der Waals surface area contributed by atoms with Crippen LogP contribution in [0.5, 0.6) is 0 Å². The Morgan fingerprint density at radius 2 is 1.96 bits per heavy atom. The Morgan fingerprint density at radius 3 is 2.61 bits per heavy atom. The number of anilines is 1. The lowest BCUT2D eigenvalue weighted by Gasteiger charge is -2.22. The number of benzene rings is 2. The summed E-state index contributed by atoms with van der Waals surface area (Å²) in [6, 6.07) is 10.1. The van der Waals surface area contributed by atoms with E-state index in [0.717, 1.165) is 0 Å². The number of halogens is 3. The first-order valence-corrected chi connectivity index (χ1v) is 9.56. The minimum absolute atomic E-state index is 0.346. The molecule has 2 aromatic carbocycles. The van der Waals surface area contributed by atoms with E-state index in [1.54, 1.807) is 42.5 Å². The van der Waals surface area contributed by atoms with Crippen molar-refractivity contribution in [1.29, 1.82) is 0 Å². The Hall–Kier alpha value is -2.34. The molecule has 1 aliphatic carbocycles. The van der Waals surface area contributed by atoms with Crippen LogP contribution in [0, 0.1) is 10.1 Å². The van der Waals surface area contributed by atoms with Crippen molar-refractivity contribution in [2.75, 3.05) is 5.32 Å². The maximum absolute atomic E-state index is 11.5. The molecule has 144 valence electrons. The smallest absolute Gasteiger partial charge is 0.231 e. The minimum atomic E-state index is -0.463. The summed E-state index contributed by atoms with van der Waals surface area (Å²) in [6.07, 6.45) is 4.81. The van der Waals surface area contributed by atoms with Crippen LogP contribution in [0.1, 0.15) is 22.3 Å². The zero-order valence-electron chi connectivity index (χ0n) is 14.5. The van der Waals surface area contributed by atoms with Gasteiger partial charge in [-0.2, -0.15) is 0 Å². The summed E-state index contributed by atoms with van der Waals surface area (Å²) in [5.41, 5.74) is 2.76. The van der Waals surface area contributed by atoms with Crippen LogP contribution in [0.4, 0.5) is 5.69 Å². The molecular weight excluding hydrogens is 423 g/mol. The molecule has 0 spiro atoms. The lowest BCUT2D eigenvalue weighted by Crippen LogP contribution is -2.17. The molecule has 1 atom stereocenters. The van der Waals surface area contributed by atoms with Crippen LogP contribution < -0.4 is 5.32 Å². The highest BCUT2D eigenvalue weighted by Gasteiger charge is 2.23. The maximum Gasteiger partial charge on any atom is 0.231 e. The predicted octanol–water partition coefficient (Wildman–Crippen LogP) is 6.03. The van der Waals surface area contributed by atoms with Gasteiger partial charge in [-0.25, -0.2) is 0 Å². The summed E-state index contributed by atoms with van der Waals surface area (Å²) in [5, 5.41) is 14.9. The third-order valence-corrected chi connectivity index (χ3v) is 5.36. The maximum atomic E-state index is 11.5. The summed E-state index contributed by atoms with van der Waals surface area (Å²) < 4.78 is 0. The largest absolute Gasteiger partial charge is 0.356 e. The van der Waals surface area contributed by atoms with Crippen molar-refractivity contribution in [3.05, 3.63) is 85.5 Å². The average molecular weight is 438 g/mol. The SMILES string of the molecule is O=Cc1cc(NC2=C(Cl)C=CCC2Cl)c(C[N+](=O)[O-])c(-c2ccccc2Cl)c1. The van der Waals surface area contributed by atoms with Crippen molar-refractivity contribution in [2.45, 2.75) is 18.3 Å². The zero-order chi connectivity index (χ0) is 20.3. The van der Waals surface area contributed by atoms with Gasteiger partial charge in [-0.05, 0) is 36.3 Å². The van der Waals surface area contributed by atoms with Gasteiger partial charge in [0.1, 0.15) is 6.29 Å². The van der Waals surface area contributed by atoms with E-state index >= 15 is 0 Å². The molecule has 3 rings (SSSR count). The van der Waals surface area contributed by atoms with Crippen LogP contribution in [-0.2, 0) is 6.54 Å². The number of hydrogen-bond acceptors (Lipinski definition) is 4. The Labute approximate surface area is 176 Å². The number of allylic oxidation sites excluding steroid dienone is 4. The number of nitrogens with one attached hydrogen (secondary N) is 1. The first kappa shape index (κ1) is 20.4.